The number of phenolic OH excluding ortho intramolecular Hbond substituents is 1. The summed E-state index contributed by atoms with van der Waals surface area (Å²) in [7, 11) is 1.66. The molecule has 112 valence electrons. The first-order valence-corrected chi connectivity index (χ1v) is 7.64. The Labute approximate surface area is 124 Å². The number of aromatic hydroxyl groups is 1. The van der Waals surface area contributed by atoms with Crippen molar-refractivity contribution < 1.29 is 14.9 Å². The number of ether oxygens (including phenoxy) is 1. The van der Waals surface area contributed by atoms with E-state index in [9.17, 15) is 10.2 Å². The van der Waals surface area contributed by atoms with Crippen LogP contribution < -0.4 is 0 Å². The Morgan fingerprint density at radius 1 is 1.29 bits per heavy atom. The molecule has 0 saturated carbocycles. The summed E-state index contributed by atoms with van der Waals surface area (Å²) in [6, 6.07) is 5.72. The number of fused-ring (bicyclic) bond motifs is 1. The molecule has 0 amide bonds. The fourth-order valence-electron chi connectivity index (χ4n) is 4.46. The number of benzene rings is 1. The fraction of sp³-hybridized carbons (Fsp3) is 0.529. The smallest absolute Gasteiger partial charge is 0.115 e. The topological polar surface area (TPSA) is 52.9 Å². The van der Waals surface area contributed by atoms with Crippen molar-refractivity contribution in [1.82, 2.24) is 4.90 Å². The molecular weight excluding hydrogens is 266 g/mol. The summed E-state index contributed by atoms with van der Waals surface area (Å²) in [5, 5.41) is 20.2. The maximum absolute atomic E-state index is 10.2. The van der Waals surface area contributed by atoms with Crippen LogP contribution in [0.1, 0.15) is 24.0 Å². The average Bonchev–Trinajstić information content (AvgIpc) is 2.85. The maximum atomic E-state index is 10.2. The second-order valence-corrected chi connectivity index (χ2v) is 6.35. The molecule has 0 radical (unpaired) electrons. The van der Waals surface area contributed by atoms with Crippen LogP contribution in [0, 0.1) is 0 Å². The molecule has 0 bridgehead atoms. The standard InChI is InChI=1S/C17H21NO3/c1-21-16-10-17-12(8-15(16)20)5-7-18(17)6-4-11-2-3-13(19)9-14(11)17/h2-3,8-9,15-16,19-20H,4-7,10H2,1H3/t15-,16-,17+/m1/s1. The minimum absolute atomic E-state index is 0.188. The van der Waals surface area contributed by atoms with Crippen LogP contribution in [0.5, 0.6) is 5.75 Å². The molecular formula is C17H21NO3. The second-order valence-electron chi connectivity index (χ2n) is 6.35. The number of phenols is 1. The molecule has 1 fully saturated rings. The molecule has 3 atom stereocenters. The van der Waals surface area contributed by atoms with Gasteiger partial charge in [-0.3, -0.25) is 4.90 Å². The minimum atomic E-state index is -0.529. The van der Waals surface area contributed by atoms with Gasteiger partial charge in [0.15, 0.2) is 0 Å². The SMILES string of the molecule is CO[C@@H]1C[C@@]23C(=C[C@H]1O)CCN2CCc1ccc(O)cc13. The molecule has 1 aromatic carbocycles. The zero-order chi connectivity index (χ0) is 14.6. The van der Waals surface area contributed by atoms with Crippen LogP contribution in [0.25, 0.3) is 0 Å². The molecule has 4 nitrogen and oxygen atoms in total. The number of rotatable bonds is 1. The van der Waals surface area contributed by atoms with E-state index in [2.05, 4.69) is 4.90 Å². The highest BCUT2D eigenvalue weighted by Crippen LogP contribution is 2.53. The summed E-state index contributed by atoms with van der Waals surface area (Å²) in [6.45, 7) is 2.05. The van der Waals surface area contributed by atoms with Crippen molar-refractivity contribution in [1.29, 1.82) is 0 Å². The third-order valence-corrected chi connectivity index (χ3v) is 5.46. The first kappa shape index (κ1) is 13.3. The second kappa shape index (κ2) is 4.57. The molecule has 2 heterocycles. The summed E-state index contributed by atoms with van der Waals surface area (Å²) in [6.07, 6.45) is 4.03. The number of nitrogens with zero attached hydrogens (tertiary/aromatic N) is 1. The normalized spacial score (nSPS) is 34.9. The Balaban J connectivity index is 1.92. The lowest BCUT2D eigenvalue weighted by molar-refractivity contribution is -0.0344. The summed E-state index contributed by atoms with van der Waals surface area (Å²) in [5.74, 6) is 0.316. The van der Waals surface area contributed by atoms with E-state index in [-0.39, 0.29) is 11.6 Å². The third-order valence-electron chi connectivity index (χ3n) is 5.46. The number of hydrogen-bond acceptors (Lipinski definition) is 4. The minimum Gasteiger partial charge on any atom is -0.508 e. The van der Waals surface area contributed by atoms with Gasteiger partial charge in [-0.2, -0.15) is 0 Å². The number of methoxy groups -OCH3 is 1. The lowest BCUT2D eigenvalue weighted by atomic mass is 9.70. The summed E-state index contributed by atoms with van der Waals surface area (Å²) in [4.78, 5) is 2.50. The maximum Gasteiger partial charge on any atom is 0.115 e. The lowest BCUT2D eigenvalue weighted by Gasteiger charge is -2.48. The van der Waals surface area contributed by atoms with Crippen molar-refractivity contribution in [3.8, 4) is 5.75 Å². The largest absolute Gasteiger partial charge is 0.508 e. The molecule has 21 heavy (non-hydrogen) atoms. The van der Waals surface area contributed by atoms with Gasteiger partial charge >= 0.3 is 0 Å². The molecule has 1 aromatic rings. The van der Waals surface area contributed by atoms with Gasteiger partial charge in [0, 0.05) is 26.6 Å². The molecule has 1 saturated heterocycles. The van der Waals surface area contributed by atoms with Gasteiger partial charge in [0.25, 0.3) is 0 Å². The van der Waals surface area contributed by atoms with Crippen molar-refractivity contribution in [3.05, 3.63) is 41.0 Å². The van der Waals surface area contributed by atoms with Gasteiger partial charge in [-0.15, -0.1) is 0 Å². The number of aliphatic hydroxyl groups excluding tert-OH is 1. The molecule has 2 N–H and O–H groups in total. The van der Waals surface area contributed by atoms with Gasteiger partial charge in [0.1, 0.15) is 5.75 Å². The van der Waals surface area contributed by atoms with Crippen molar-refractivity contribution in [2.75, 3.05) is 20.2 Å². The predicted molar refractivity (Wildman–Crippen MR) is 79.2 cm³/mol. The fourth-order valence-corrected chi connectivity index (χ4v) is 4.46. The van der Waals surface area contributed by atoms with Gasteiger partial charge < -0.3 is 14.9 Å². The Kier molecular flexibility index (Phi) is 2.89. The van der Waals surface area contributed by atoms with Crippen molar-refractivity contribution in [2.24, 2.45) is 0 Å². The highest BCUT2D eigenvalue weighted by atomic mass is 16.5. The zero-order valence-electron chi connectivity index (χ0n) is 12.2. The first-order valence-electron chi connectivity index (χ1n) is 7.64. The molecule has 2 aliphatic heterocycles. The van der Waals surface area contributed by atoms with Gasteiger partial charge in [-0.25, -0.2) is 0 Å². The van der Waals surface area contributed by atoms with E-state index in [0.717, 1.165) is 32.4 Å². The molecule has 1 aliphatic carbocycles. The summed E-state index contributed by atoms with van der Waals surface area (Å²) >= 11 is 0. The van der Waals surface area contributed by atoms with E-state index < -0.39 is 6.10 Å². The Morgan fingerprint density at radius 3 is 2.90 bits per heavy atom. The predicted octanol–water partition coefficient (Wildman–Crippen LogP) is 1.56. The quantitative estimate of drug-likeness (QED) is 0.770. The zero-order valence-corrected chi connectivity index (χ0v) is 12.2. The first-order chi connectivity index (χ1) is 10.1. The van der Waals surface area contributed by atoms with Gasteiger partial charge in [0.2, 0.25) is 0 Å². The molecule has 0 unspecified atom stereocenters. The highest BCUT2D eigenvalue weighted by molar-refractivity contribution is 5.50. The number of aliphatic hydroxyl groups is 1. The van der Waals surface area contributed by atoms with E-state index in [0.29, 0.717) is 5.75 Å². The van der Waals surface area contributed by atoms with Crippen molar-refractivity contribution in [2.45, 2.75) is 37.0 Å². The average molecular weight is 287 g/mol. The van der Waals surface area contributed by atoms with E-state index >= 15 is 0 Å². The van der Waals surface area contributed by atoms with E-state index in [1.807, 2.05) is 18.2 Å². The molecule has 4 rings (SSSR count). The molecule has 3 aliphatic rings. The molecule has 4 heteroatoms. The van der Waals surface area contributed by atoms with E-state index in [4.69, 9.17) is 4.74 Å². The summed E-state index contributed by atoms with van der Waals surface area (Å²) < 4.78 is 5.52. The van der Waals surface area contributed by atoms with Crippen LogP contribution in [0.4, 0.5) is 0 Å². The number of hydrogen-bond donors (Lipinski definition) is 2. The van der Waals surface area contributed by atoms with E-state index in [1.165, 1.54) is 16.7 Å². The van der Waals surface area contributed by atoms with Crippen LogP contribution in [0.15, 0.2) is 29.8 Å². The Hall–Kier alpha value is -1.36. The van der Waals surface area contributed by atoms with Crippen LogP contribution in [-0.2, 0) is 16.7 Å². The highest BCUT2D eigenvalue weighted by Gasteiger charge is 2.53. The van der Waals surface area contributed by atoms with Crippen LogP contribution in [0.2, 0.25) is 0 Å². The Bertz CT molecular complexity index is 612. The van der Waals surface area contributed by atoms with Crippen LogP contribution >= 0.6 is 0 Å². The summed E-state index contributed by atoms with van der Waals surface area (Å²) in [5.41, 5.74) is 3.61. The van der Waals surface area contributed by atoms with Gasteiger partial charge in [-0.05, 0) is 41.7 Å². The monoisotopic (exact) mass is 287 g/mol. The third kappa shape index (κ3) is 1.73. The van der Waals surface area contributed by atoms with Crippen molar-refractivity contribution in [3.63, 3.8) is 0 Å². The Morgan fingerprint density at radius 2 is 2.10 bits per heavy atom. The lowest BCUT2D eigenvalue weighted by Crippen LogP contribution is -2.52. The van der Waals surface area contributed by atoms with E-state index in [1.54, 1.807) is 13.2 Å². The van der Waals surface area contributed by atoms with Crippen LogP contribution in [-0.4, -0.2) is 47.5 Å². The molecule has 0 aromatic heterocycles. The van der Waals surface area contributed by atoms with Gasteiger partial charge in [0.05, 0.1) is 17.7 Å². The van der Waals surface area contributed by atoms with Crippen LogP contribution in [0.3, 0.4) is 0 Å². The van der Waals surface area contributed by atoms with Gasteiger partial charge in [-0.1, -0.05) is 12.1 Å². The van der Waals surface area contributed by atoms with Crippen molar-refractivity contribution >= 4 is 0 Å². The molecule has 1 spiro atoms.